The lowest BCUT2D eigenvalue weighted by atomic mass is 9.81. The van der Waals surface area contributed by atoms with E-state index in [9.17, 15) is 0 Å². The number of hydrogen-bond donors (Lipinski definition) is 4. The molecule has 1 fully saturated rings. The summed E-state index contributed by atoms with van der Waals surface area (Å²) in [7, 11) is 0. The summed E-state index contributed by atoms with van der Waals surface area (Å²) < 4.78 is 5.89. The quantitative estimate of drug-likeness (QED) is 0.390. The molecule has 0 bridgehead atoms. The molecule has 5 nitrogen and oxygen atoms in total. The minimum Gasteiger partial charge on any atom is -0.475 e. The smallest absolute Gasteiger partial charge is 0.206 e. The summed E-state index contributed by atoms with van der Waals surface area (Å²) in [6.45, 7) is 12.5. The van der Waals surface area contributed by atoms with Crippen LogP contribution in [-0.2, 0) is 4.74 Å². The third kappa shape index (κ3) is 6.23. The number of benzene rings is 1. The van der Waals surface area contributed by atoms with Crippen molar-refractivity contribution >= 4 is 23.4 Å². The third-order valence-corrected chi connectivity index (χ3v) is 5.16. The fourth-order valence-corrected chi connectivity index (χ4v) is 4.26. The molecule has 0 unspecified atom stereocenters. The van der Waals surface area contributed by atoms with E-state index in [1.807, 2.05) is 38.1 Å². The van der Waals surface area contributed by atoms with Crippen LogP contribution in [0.5, 0.6) is 0 Å². The van der Waals surface area contributed by atoms with Crippen molar-refractivity contribution in [1.29, 1.82) is 16.2 Å². The Kier molecular flexibility index (Phi) is 6.96. The zero-order valence-electron chi connectivity index (χ0n) is 18.4. The van der Waals surface area contributed by atoms with Crippen molar-refractivity contribution in [2.24, 2.45) is 0 Å². The molecular formula is C24H34N4O. The minimum absolute atomic E-state index is 0.0195. The zero-order valence-corrected chi connectivity index (χ0v) is 18.4. The second-order valence-corrected chi connectivity index (χ2v) is 9.07. The molecule has 0 aliphatic carbocycles. The van der Waals surface area contributed by atoms with E-state index in [1.165, 1.54) is 6.21 Å². The van der Waals surface area contributed by atoms with Crippen LogP contribution < -0.4 is 5.32 Å². The standard InChI is InChI=1S/C24H34N4O/c1-7-17(15-25)18-8-9-20(16(2)12-18)21(26)10-11-22(27)29-19-13-23(3,4)28-24(5,6)14-19/h7-12,15,19,25-28H,13-14H2,1-6H3/b11-10-,17-7+,25-15?,26-21?,27-22?. The molecular weight excluding hydrogens is 360 g/mol. The number of allylic oxidation sites excluding steroid dienone is 3. The largest absolute Gasteiger partial charge is 0.475 e. The van der Waals surface area contributed by atoms with Gasteiger partial charge in [-0.1, -0.05) is 24.3 Å². The van der Waals surface area contributed by atoms with Gasteiger partial charge in [0.1, 0.15) is 6.10 Å². The predicted octanol–water partition coefficient (Wildman–Crippen LogP) is 5.28. The van der Waals surface area contributed by atoms with E-state index < -0.39 is 0 Å². The lowest BCUT2D eigenvalue weighted by Crippen LogP contribution is -2.59. The monoisotopic (exact) mass is 394 g/mol. The highest BCUT2D eigenvalue weighted by Gasteiger charge is 2.38. The van der Waals surface area contributed by atoms with Crippen LogP contribution in [0.15, 0.2) is 36.4 Å². The van der Waals surface area contributed by atoms with Crippen LogP contribution in [0.2, 0.25) is 0 Å². The van der Waals surface area contributed by atoms with Gasteiger partial charge in [0, 0.05) is 41.8 Å². The molecule has 29 heavy (non-hydrogen) atoms. The number of nitrogens with one attached hydrogen (secondary N) is 4. The van der Waals surface area contributed by atoms with Gasteiger partial charge in [-0.25, -0.2) is 0 Å². The van der Waals surface area contributed by atoms with Crippen LogP contribution in [0.25, 0.3) is 5.57 Å². The van der Waals surface area contributed by atoms with Crippen LogP contribution in [0.4, 0.5) is 0 Å². The highest BCUT2D eigenvalue weighted by Crippen LogP contribution is 2.30. The second kappa shape index (κ2) is 8.87. The maximum absolute atomic E-state index is 8.37. The maximum Gasteiger partial charge on any atom is 0.206 e. The second-order valence-electron chi connectivity index (χ2n) is 9.07. The Morgan fingerprint density at radius 3 is 2.24 bits per heavy atom. The van der Waals surface area contributed by atoms with Gasteiger partial charge in [-0.3, -0.25) is 5.41 Å². The molecule has 4 N–H and O–H groups in total. The van der Waals surface area contributed by atoms with E-state index in [1.54, 1.807) is 12.2 Å². The van der Waals surface area contributed by atoms with Crippen molar-refractivity contribution in [2.75, 3.05) is 0 Å². The van der Waals surface area contributed by atoms with Crippen molar-refractivity contribution < 1.29 is 4.74 Å². The Labute approximate surface area is 174 Å². The Balaban J connectivity index is 2.05. The fraction of sp³-hybridized carbons (Fsp3) is 0.458. The van der Waals surface area contributed by atoms with Gasteiger partial charge in [0.05, 0.1) is 5.71 Å². The van der Waals surface area contributed by atoms with Gasteiger partial charge < -0.3 is 20.9 Å². The molecule has 1 saturated heterocycles. The van der Waals surface area contributed by atoms with Gasteiger partial charge in [-0.15, -0.1) is 0 Å². The normalized spacial score (nSPS) is 19.2. The molecule has 1 aliphatic heterocycles. The van der Waals surface area contributed by atoms with E-state index in [-0.39, 0.29) is 23.1 Å². The van der Waals surface area contributed by atoms with Crippen molar-refractivity contribution in [3.63, 3.8) is 0 Å². The molecule has 0 amide bonds. The first-order valence-corrected chi connectivity index (χ1v) is 10.1. The van der Waals surface area contributed by atoms with Gasteiger partial charge in [-0.05, 0) is 64.3 Å². The van der Waals surface area contributed by atoms with Crippen molar-refractivity contribution in [1.82, 2.24) is 5.32 Å². The van der Waals surface area contributed by atoms with Crippen LogP contribution >= 0.6 is 0 Å². The molecule has 0 atom stereocenters. The SMILES string of the molecule is C/C=C(\C=N)c1ccc(C(=N)/C=C\C(=N)OC2CC(C)(C)NC(C)(C)C2)c(C)c1. The average molecular weight is 395 g/mol. The molecule has 0 saturated carbocycles. The third-order valence-electron chi connectivity index (χ3n) is 5.16. The van der Waals surface area contributed by atoms with Gasteiger partial charge in [0.2, 0.25) is 5.90 Å². The number of hydrogen-bond acceptors (Lipinski definition) is 5. The van der Waals surface area contributed by atoms with Crippen LogP contribution in [-0.4, -0.2) is 35.0 Å². The topological polar surface area (TPSA) is 92.8 Å². The summed E-state index contributed by atoms with van der Waals surface area (Å²) in [6, 6.07) is 5.80. The Hall–Kier alpha value is -2.53. The number of piperidine rings is 1. The van der Waals surface area contributed by atoms with E-state index in [0.717, 1.165) is 35.1 Å². The van der Waals surface area contributed by atoms with Gasteiger partial charge in [0.25, 0.3) is 0 Å². The first-order valence-electron chi connectivity index (χ1n) is 10.1. The fourth-order valence-electron chi connectivity index (χ4n) is 4.26. The van der Waals surface area contributed by atoms with Gasteiger partial charge in [0.15, 0.2) is 0 Å². The summed E-state index contributed by atoms with van der Waals surface area (Å²) in [4.78, 5) is 0. The Morgan fingerprint density at radius 2 is 1.72 bits per heavy atom. The molecule has 156 valence electrons. The average Bonchev–Trinajstić information content (AvgIpc) is 2.58. The van der Waals surface area contributed by atoms with Crippen LogP contribution in [0, 0.1) is 23.2 Å². The van der Waals surface area contributed by atoms with E-state index in [2.05, 4.69) is 33.0 Å². The van der Waals surface area contributed by atoms with Gasteiger partial charge >= 0.3 is 0 Å². The molecule has 1 heterocycles. The summed E-state index contributed by atoms with van der Waals surface area (Å²) in [5.74, 6) is 0.0857. The zero-order chi connectivity index (χ0) is 21.8. The molecule has 0 spiro atoms. The molecule has 0 radical (unpaired) electrons. The van der Waals surface area contributed by atoms with Crippen LogP contribution in [0.3, 0.4) is 0 Å². The summed E-state index contributed by atoms with van der Waals surface area (Å²) in [5.41, 5.74) is 3.85. The van der Waals surface area contributed by atoms with E-state index in [4.69, 9.17) is 21.0 Å². The molecule has 1 aromatic carbocycles. The summed E-state index contributed by atoms with van der Waals surface area (Å²) in [6.07, 6.45) is 8.07. The van der Waals surface area contributed by atoms with Gasteiger partial charge in [-0.2, -0.15) is 0 Å². The Morgan fingerprint density at radius 1 is 1.10 bits per heavy atom. The summed E-state index contributed by atoms with van der Waals surface area (Å²) >= 11 is 0. The minimum atomic E-state index is -0.0375. The molecule has 1 aliphatic rings. The molecule has 0 aromatic heterocycles. The number of aryl methyl sites for hydroxylation is 1. The van der Waals surface area contributed by atoms with Crippen molar-refractivity contribution in [3.8, 4) is 0 Å². The van der Waals surface area contributed by atoms with E-state index >= 15 is 0 Å². The predicted molar refractivity (Wildman–Crippen MR) is 123 cm³/mol. The Bertz CT molecular complexity index is 846. The molecule has 1 aromatic rings. The summed E-state index contributed by atoms with van der Waals surface area (Å²) in [5, 5.41) is 27.6. The lowest BCUT2D eigenvalue weighted by Gasteiger charge is -2.46. The first kappa shape index (κ1) is 22.8. The maximum atomic E-state index is 8.37. The van der Waals surface area contributed by atoms with Crippen molar-refractivity contribution in [2.45, 2.75) is 71.6 Å². The number of ether oxygens (including phenoxy) is 1. The van der Waals surface area contributed by atoms with Crippen molar-refractivity contribution in [3.05, 3.63) is 53.1 Å². The first-order chi connectivity index (χ1) is 13.5. The number of rotatable bonds is 6. The van der Waals surface area contributed by atoms with E-state index in [0.29, 0.717) is 5.71 Å². The molecule has 5 heteroatoms. The highest BCUT2D eigenvalue weighted by molar-refractivity contribution is 6.11. The molecule has 2 rings (SSSR count). The highest BCUT2D eigenvalue weighted by atomic mass is 16.5. The lowest BCUT2D eigenvalue weighted by molar-refractivity contribution is 0.0485. The van der Waals surface area contributed by atoms with Crippen LogP contribution in [0.1, 0.15) is 64.2 Å².